The van der Waals surface area contributed by atoms with Crippen LogP contribution < -0.4 is 9.64 Å². The van der Waals surface area contributed by atoms with Crippen LogP contribution >= 0.6 is 0 Å². The minimum Gasteiger partial charge on any atom is -0.457 e. The summed E-state index contributed by atoms with van der Waals surface area (Å²) in [5, 5.41) is 2.27. The average molecular weight is 395 g/mol. The highest BCUT2D eigenvalue weighted by Crippen LogP contribution is 2.60. The number of benzene rings is 3. The van der Waals surface area contributed by atoms with Gasteiger partial charge in [0.05, 0.1) is 17.0 Å². The summed E-state index contributed by atoms with van der Waals surface area (Å²) in [6.45, 7) is 1.96. The second kappa shape index (κ2) is 6.05. The molecule has 0 unspecified atom stereocenters. The maximum absolute atomic E-state index is 13.2. The molecule has 148 valence electrons. The van der Waals surface area contributed by atoms with Gasteiger partial charge in [0, 0.05) is 0 Å². The maximum Gasteiger partial charge on any atom is 0.241 e. The van der Waals surface area contributed by atoms with Gasteiger partial charge >= 0.3 is 0 Å². The molecule has 3 aliphatic rings. The van der Waals surface area contributed by atoms with Crippen molar-refractivity contribution in [2.45, 2.75) is 13.3 Å². The van der Waals surface area contributed by atoms with Gasteiger partial charge in [-0.05, 0) is 72.4 Å². The minimum atomic E-state index is -0.600. The summed E-state index contributed by atoms with van der Waals surface area (Å²) >= 11 is 0. The number of fused-ring (bicyclic) bond motifs is 6. The lowest BCUT2D eigenvalue weighted by Crippen LogP contribution is -2.37. The van der Waals surface area contributed by atoms with Gasteiger partial charge in [0.25, 0.3) is 0 Å². The first kappa shape index (κ1) is 17.5. The molecule has 0 N–H and O–H groups in total. The monoisotopic (exact) mass is 395 g/mol. The lowest BCUT2D eigenvalue weighted by molar-refractivity contribution is -0.127. The first-order valence-electron chi connectivity index (χ1n) is 10.4. The topological polar surface area (TPSA) is 46.6 Å². The predicted molar refractivity (Wildman–Crippen MR) is 115 cm³/mol. The molecule has 4 atom stereocenters. The van der Waals surface area contributed by atoms with Crippen molar-refractivity contribution in [3.63, 3.8) is 0 Å². The van der Waals surface area contributed by atoms with Crippen molar-refractivity contribution >= 4 is 28.3 Å². The molecule has 6 rings (SSSR count). The van der Waals surface area contributed by atoms with Crippen molar-refractivity contribution in [3.05, 3.63) is 78.9 Å². The number of hydrogen-bond acceptors (Lipinski definition) is 3. The summed E-state index contributed by atoms with van der Waals surface area (Å²) in [5.74, 6) is 1.41. The van der Waals surface area contributed by atoms with Crippen LogP contribution in [0.4, 0.5) is 5.69 Å². The lowest BCUT2D eigenvalue weighted by Gasteiger charge is -2.28. The van der Waals surface area contributed by atoms with Gasteiger partial charge in [-0.1, -0.05) is 42.5 Å². The Morgan fingerprint density at radius 3 is 2.40 bits per heavy atom. The first-order chi connectivity index (χ1) is 14.6. The number of ether oxygens (including phenoxy) is 1. The Bertz CT molecular complexity index is 1230. The Hall–Kier alpha value is -3.40. The third-order valence-electron chi connectivity index (χ3n) is 7.16. The molecule has 2 aliphatic carbocycles. The number of allylic oxidation sites excluding steroid dienone is 2. The van der Waals surface area contributed by atoms with E-state index < -0.39 is 5.41 Å². The van der Waals surface area contributed by atoms with Gasteiger partial charge in [-0.2, -0.15) is 0 Å². The zero-order valence-electron chi connectivity index (χ0n) is 16.6. The first-order valence-corrected chi connectivity index (χ1v) is 10.4. The fraction of sp³-hybridized carbons (Fsp3) is 0.231. The van der Waals surface area contributed by atoms with Gasteiger partial charge in [0.1, 0.15) is 11.5 Å². The quantitative estimate of drug-likeness (QED) is 0.445. The molecular formula is C26H21NO3. The van der Waals surface area contributed by atoms with Crippen LogP contribution in [0.3, 0.4) is 0 Å². The molecule has 1 aliphatic heterocycles. The smallest absolute Gasteiger partial charge is 0.241 e. The second-order valence-corrected chi connectivity index (χ2v) is 8.74. The third-order valence-corrected chi connectivity index (χ3v) is 7.16. The molecule has 2 amide bonds. The number of carbonyl (C=O) groups is 2. The molecule has 1 saturated heterocycles. The molecule has 1 saturated carbocycles. The Morgan fingerprint density at radius 2 is 1.63 bits per heavy atom. The summed E-state index contributed by atoms with van der Waals surface area (Å²) in [6, 6.07) is 21.3. The summed E-state index contributed by atoms with van der Waals surface area (Å²) in [5.41, 5.74) is 0.0161. The van der Waals surface area contributed by atoms with E-state index >= 15 is 0 Å². The van der Waals surface area contributed by atoms with Crippen LogP contribution in [0.15, 0.2) is 78.9 Å². The van der Waals surface area contributed by atoms with E-state index in [4.69, 9.17) is 4.74 Å². The molecule has 2 bridgehead atoms. The molecule has 4 nitrogen and oxygen atoms in total. The molecule has 0 spiro atoms. The van der Waals surface area contributed by atoms with Gasteiger partial charge < -0.3 is 4.74 Å². The van der Waals surface area contributed by atoms with Crippen molar-refractivity contribution in [3.8, 4) is 11.5 Å². The highest BCUT2D eigenvalue weighted by molar-refractivity contribution is 6.24. The minimum absolute atomic E-state index is 0.0671. The van der Waals surface area contributed by atoms with E-state index in [9.17, 15) is 9.59 Å². The average Bonchev–Trinajstić information content (AvgIpc) is 3.40. The Labute approximate surface area is 174 Å². The molecule has 0 radical (unpaired) electrons. The van der Waals surface area contributed by atoms with Crippen LogP contribution in [0, 0.1) is 23.2 Å². The summed E-state index contributed by atoms with van der Waals surface area (Å²) in [7, 11) is 0. The van der Waals surface area contributed by atoms with Crippen LogP contribution in [0.2, 0.25) is 0 Å². The summed E-state index contributed by atoms with van der Waals surface area (Å²) in [4.78, 5) is 27.8. The molecule has 4 heteroatoms. The summed E-state index contributed by atoms with van der Waals surface area (Å²) < 4.78 is 6.00. The zero-order chi connectivity index (χ0) is 20.5. The number of amides is 2. The molecule has 0 aromatic heterocycles. The Balaban J connectivity index is 1.26. The van der Waals surface area contributed by atoms with Gasteiger partial charge in [0.2, 0.25) is 11.8 Å². The number of rotatable bonds is 3. The number of nitrogens with zero attached hydrogens (tertiary/aromatic N) is 1. The van der Waals surface area contributed by atoms with E-state index in [-0.39, 0.29) is 29.6 Å². The highest BCUT2D eigenvalue weighted by atomic mass is 16.5. The highest BCUT2D eigenvalue weighted by Gasteiger charge is 2.67. The van der Waals surface area contributed by atoms with E-state index in [1.54, 1.807) is 12.1 Å². The van der Waals surface area contributed by atoms with E-state index in [1.807, 2.05) is 49.4 Å². The van der Waals surface area contributed by atoms with Crippen molar-refractivity contribution in [1.29, 1.82) is 0 Å². The molecule has 30 heavy (non-hydrogen) atoms. The van der Waals surface area contributed by atoms with Crippen molar-refractivity contribution in [2.75, 3.05) is 4.90 Å². The van der Waals surface area contributed by atoms with Crippen LogP contribution in [0.1, 0.15) is 13.3 Å². The van der Waals surface area contributed by atoms with Gasteiger partial charge in [0.15, 0.2) is 0 Å². The fourth-order valence-electron chi connectivity index (χ4n) is 5.58. The summed E-state index contributed by atoms with van der Waals surface area (Å²) in [6.07, 6.45) is 5.16. The molecule has 1 heterocycles. The molecule has 3 aromatic rings. The van der Waals surface area contributed by atoms with Crippen LogP contribution in [-0.4, -0.2) is 11.8 Å². The van der Waals surface area contributed by atoms with Gasteiger partial charge in [-0.25, -0.2) is 4.90 Å². The number of carbonyl (C=O) groups excluding carboxylic acids is 2. The zero-order valence-corrected chi connectivity index (χ0v) is 16.6. The van der Waals surface area contributed by atoms with Crippen LogP contribution in [0.25, 0.3) is 10.8 Å². The second-order valence-electron chi connectivity index (χ2n) is 8.74. The molecule has 2 fully saturated rings. The standard InChI is InChI=1S/C26H21NO3/c1-26-19-8-6-18(14-19)23(26)24(28)27(25(26)29)20-9-12-21(13-10-20)30-22-11-7-16-4-2-3-5-17(16)15-22/h2-13,15,18-19,23H,14H2,1H3/t18-,19-,23-,26-/m1/s1. The van der Waals surface area contributed by atoms with E-state index in [1.165, 1.54) is 4.90 Å². The van der Waals surface area contributed by atoms with Crippen molar-refractivity contribution in [2.24, 2.45) is 23.2 Å². The van der Waals surface area contributed by atoms with E-state index in [0.717, 1.165) is 22.9 Å². The number of imide groups is 1. The molecular weight excluding hydrogens is 374 g/mol. The lowest BCUT2D eigenvalue weighted by atomic mass is 9.71. The number of hydrogen-bond donors (Lipinski definition) is 0. The van der Waals surface area contributed by atoms with Gasteiger partial charge in [-0.3, -0.25) is 9.59 Å². The van der Waals surface area contributed by atoms with Crippen molar-refractivity contribution < 1.29 is 14.3 Å². The van der Waals surface area contributed by atoms with E-state index in [2.05, 4.69) is 24.3 Å². The van der Waals surface area contributed by atoms with Crippen molar-refractivity contribution in [1.82, 2.24) is 0 Å². The maximum atomic E-state index is 13.2. The Kier molecular flexibility index (Phi) is 3.52. The Morgan fingerprint density at radius 1 is 0.900 bits per heavy atom. The SMILES string of the molecule is C[C@]12C(=O)N(c3ccc(Oc4ccc5ccccc5c4)cc3)C(=O)[C@H]1[C@@H]1C=C[C@@H]2C1. The largest absolute Gasteiger partial charge is 0.457 e. The third kappa shape index (κ3) is 2.28. The van der Waals surface area contributed by atoms with Crippen LogP contribution in [0.5, 0.6) is 11.5 Å². The predicted octanol–water partition coefficient (Wildman–Crippen LogP) is 5.33. The van der Waals surface area contributed by atoms with Crippen LogP contribution in [-0.2, 0) is 9.59 Å². The molecule has 3 aromatic carbocycles. The number of anilines is 1. The van der Waals surface area contributed by atoms with Gasteiger partial charge in [-0.15, -0.1) is 0 Å². The normalized spacial score (nSPS) is 29.1. The fourth-order valence-corrected chi connectivity index (χ4v) is 5.58. The van der Waals surface area contributed by atoms with E-state index in [0.29, 0.717) is 11.4 Å².